The zero-order valence-electron chi connectivity index (χ0n) is 16.8. The molecule has 3 amide bonds. The molecule has 0 N–H and O–H groups in total. The van der Waals surface area contributed by atoms with Crippen molar-refractivity contribution in [1.29, 1.82) is 0 Å². The lowest BCUT2D eigenvalue weighted by Crippen LogP contribution is -2.47. The number of hydrogen-bond acceptors (Lipinski definition) is 6. The van der Waals surface area contributed by atoms with Gasteiger partial charge in [-0.2, -0.15) is 0 Å². The summed E-state index contributed by atoms with van der Waals surface area (Å²) in [6.07, 6.45) is 1.90. The highest BCUT2D eigenvalue weighted by atomic mass is 16.7. The third-order valence-corrected chi connectivity index (χ3v) is 5.88. The van der Waals surface area contributed by atoms with Gasteiger partial charge in [-0.15, -0.1) is 0 Å². The lowest BCUT2D eigenvalue weighted by molar-refractivity contribution is -0.181. The quantitative estimate of drug-likeness (QED) is 0.709. The van der Waals surface area contributed by atoms with E-state index in [1.165, 1.54) is 12.1 Å². The molecular weight excluding hydrogens is 376 g/mol. The fraction of sp³-hybridized carbons (Fsp3) is 0.524. The fourth-order valence-electron chi connectivity index (χ4n) is 4.58. The van der Waals surface area contributed by atoms with E-state index in [0.717, 1.165) is 6.42 Å². The highest BCUT2D eigenvalue weighted by Gasteiger charge is 2.59. The Bertz CT molecular complexity index is 870. The van der Waals surface area contributed by atoms with E-state index >= 15 is 0 Å². The van der Waals surface area contributed by atoms with Gasteiger partial charge < -0.3 is 14.5 Å². The molecule has 2 aliphatic heterocycles. The van der Waals surface area contributed by atoms with Crippen LogP contribution in [0.2, 0.25) is 0 Å². The third kappa shape index (κ3) is 3.07. The van der Waals surface area contributed by atoms with E-state index in [1.54, 1.807) is 37.8 Å². The molecule has 3 aliphatic rings. The molecule has 0 unspecified atom stereocenters. The molecule has 2 atom stereocenters. The Balaban J connectivity index is 1.53. The number of amides is 3. The van der Waals surface area contributed by atoms with Gasteiger partial charge in [0, 0.05) is 6.54 Å². The Morgan fingerprint density at radius 2 is 1.69 bits per heavy atom. The van der Waals surface area contributed by atoms with Gasteiger partial charge in [-0.25, -0.2) is 9.59 Å². The number of benzene rings is 1. The fourth-order valence-corrected chi connectivity index (χ4v) is 4.58. The van der Waals surface area contributed by atoms with Crippen molar-refractivity contribution in [1.82, 2.24) is 9.96 Å². The maximum Gasteiger partial charge on any atom is 0.410 e. The first kappa shape index (κ1) is 19.4. The molecule has 2 fully saturated rings. The SMILES string of the molecule is CC(C)(C)OC(=O)N1CC[C@]2(C(=O)ON3C(=O)c4ccccc4C3=O)CCC[C@H]12. The van der Waals surface area contributed by atoms with Crippen LogP contribution >= 0.6 is 0 Å². The summed E-state index contributed by atoms with van der Waals surface area (Å²) in [7, 11) is 0. The van der Waals surface area contributed by atoms with Crippen LogP contribution in [0.5, 0.6) is 0 Å². The van der Waals surface area contributed by atoms with Crippen molar-refractivity contribution in [3.8, 4) is 0 Å². The molecule has 8 nitrogen and oxygen atoms in total. The predicted molar refractivity (Wildman–Crippen MR) is 101 cm³/mol. The monoisotopic (exact) mass is 400 g/mol. The van der Waals surface area contributed by atoms with E-state index in [4.69, 9.17) is 9.57 Å². The van der Waals surface area contributed by atoms with Gasteiger partial charge in [-0.3, -0.25) is 9.59 Å². The lowest BCUT2D eigenvalue weighted by Gasteiger charge is -2.32. The van der Waals surface area contributed by atoms with Crippen molar-refractivity contribution in [2.45, 2.75) is 58.1 Å². The molecule has 29 heavy (non-hydrogen) atoms. The second-order valence-electron chi connectivity index (χ2n) is 8.82. The summed E-state index contributed by atoms with van der Waals surface area (Å²) in [6, 6.07) is 5.99. The van der Waals surface area contributed by atoms with Crippen LogP contribution in [-0.2, 0) is 14.4 Å². The Morgan fingerprint density at radius 1 is 1.07 bits per heavy atom. The summed E-state index contributed by atoms with van der Waals surface area (Å²) in [5.41, 5.74) is -1.13. The molecule has 1 aromatic rings. The molecule has 0 spiro atoms. The number of likely N-dealkylation sites (tertiary alicyclic amines) is 1. The first-order valence-electron chi connectivity index (χ1n) is 9.84. The van der Waals surface area contributed by atoms with Crippen molar-refractivity contribution >= 4 is 23.9 Å². The van der Waals surface area contributed by atoms with E-state index in [1.807, 2.05) is 0 Å². The predicted octanol–water partition coefficient (Wildman–Crippen LogP) is 2.92. The zero-order chi connectivity index (χ0) is 21.0. The Labute approximate surface area is 168 Å². The molecule has 1 saturated carbocycles. The lowest BCUT2D eigenvalue weighted by atomic mass is 9.82. The van der Waals surface area contributed by atoms with Crippen LogP contribution in [0.15, 0.2) is 24.3 Å². The van der Waals surface area contributed by atoms with Crippen LogP contribution in [-0.4, -0.2) is 52.0 Å². The van der Waals surface area contributed by atoms with E-state index in [-0.39, 0.29) is 17.2 Å². The second-order valence-corrected chi connectivity index (χ2v) is 8.82. The smallest absolute Gasteiger partial charge is 0.410 e. The Hall–Kier alpha value is -2.90. The first-order valence-corrected chi connectivity index (χ1v) is 9.84. The van der Waals surface area contributed by atoms with Gasteiger partial charge in [0.05, 0.1) is 22.6 Å². The van der Waals surface area contributed by atoms with Crippen molar-refractivity contribution in [3.05, 3.63) is 35.4 Å². The first-order chi connectivity index (χ1) is 13.6. The second kappa shape index (κ2) is 6.57. The van der Waals surface area contributed by atoms with Crippen LogP contribution in [0.25, 0.3) is 0 Å². The third-order valence-electron chi connectivity index (χ3n) is 5.88. The van der Waals surface area contributed by atoms with Gasteiger partial charge in [0.1, 0.15) is 5.60 Å². The molecule has 2 heterocycles. The van der Waals surface area contributed by atoms with Gasteiger partial charge in [0.15, 0.2) is 0 Å². The number of carbonyl (C=O) groups excluding carboxylic acids is 4. The maximum absolute atomic E-state index is 13.2. The molecule has 0 bridgehead atoms. The highest BCUT2D eigenvalue weighted by Crippen LogP contribution is 2.50. The molecule has 0 aromatic heterocycles. The van der Waals surface area contributed by atoms with E-state index in [9.17, 15) is 19.2 Å². The highest BCUT2D eigenvalue weighted by molar-refractivity contribution is 6.20. The van der Waals surface area contributed by atoms with Crippen molar-refractivity contribution in [2.24, 2.45) is 5.41 Å². The van der Waals surface area contributed by atoms with Crippen LogP contribution < -0.4 is 0 Å². The maximum atomic E-state index is 13.2. The topological polar surface area (TPSA) is 93.2 Å². The van der Waals surface area contributed by atoms with Crippen LogP contribution in [0.4, 0.5) is 4.79 Å². The molecule has 0 radical (unpaired) electrons. The number of rotatable bonds is 2. The molecule has 154 valence electrons. The average molecular weight is 400 g/mol. The number of nitrogens with zero attached hydrogens (tertiary/aromatic N) is 2. The van der Waals surface area contributed by atoms with E-state index < -0.39 is 34.9 Å². The average Bonchev–Trinajstić information content (AvgIpc) is 3.28. The summed E-state index contributed by atoms with van der Waals surface area (Å²) in [6.45, 7) is 5.75. The minimum absolute atomic E-state index is 0.215. The molecule has 8 heteroatoms. The van der Waals surface area contributed by atoms with Gasteiger partial charge >= 0.3 is 12.1 Å². The van der Waals surface area contributed by atoms with Crippen molar-refractivity contribution < 1.29 is 28.8 Å². The van der Waals surface area contributed by atoms with Gasteiger partial charge in [0.25, 0.3) is 11.8 Å². The summed E-state index contributed by atoms with van der Waals surface area (Å²) in [5.74, 6) is -1.93. The number of fused-ring (bicyclic) bond motifs is 2. The minimum atomic E-state index is -0.924. The number of ether oxygens (including phenoxy) is 1. The minimum Gasteiger partial charge on any atom is -0.444 e. The zero-order valence-corrected chi connectivity index (χ0v) is 16.8. The number of imide groups is 1. The van der Waals surface area contributed by atoms with Gasteiger partial charge in [-0.05, 0) is 52.2 Å². The molecular formula is C21H24N2O6. The Kier molecular flexibility index (Phi) is 4.40. The van der Waals surface area contributed by atoms with Crippen LogP contribution in [0.1, 0.15) is 67.2 Å². The summed E-state index contributed by atoms with van der Waals surface area (Å²) >= 11 is 0. The van der Waals surface area contributed by atoms with Crippen LogP contribution in [0, 0.1) is 5.41 Å². The number of hydroxylamine groups is 2. The number of carbonyl (C=O) groups is 4. The molecule has 4 rings (SSSR count). The van der Waals surface area contributed by atoms with Gasteiger partial charge in [0.2, 0.25) is 0 Å². The summed E-state index contributed by atoms with van der Waals surface area (Å²) in [5, 5.41) is 0.549. The largest absolute Gasteiger partial charge is 0.444 e. The van der Waals surface area contributed by atoms with E-state index in [0.29, 0.717) is 30.9 Å². The summed E-state index contributed by atoms with van der Waals surface area (Å²) in [4.78, 5) is 57.7. The summed E-state index contributed by atoms with van der Waals surface area (Å²) < 4.78 is 5.48. The molecule has 1 saturated heterocycles. The van der Waals surface area contributed by atoms with Crippen LogP contribution in [0.3, 0.4) is 0 Å². The number of hydrogen-bond donors (Lipinski definition) is 0. The molecule has 1 aromatic carbocycles. The van der Waals surface area contributed by atoms with E-state index in [2.05, 4.69) is 0 Å². The van der Waals surface area contributed by atoms with Crippen molar-refractivity contribution in [3.63, 3.8) is 0 Å². The standard InChI is InChI=1S/C21H24N2O6/c1-20(2,3)28-19(27)22-12-11-21(10-6-9-15(21)22)18(26)29-23-16(24)13-7-4-5-8-14(13)17(23)25/h4-5,7-8,15H,6,9-12H2,1-3H3/t15-,21+/m0/s1. The normalized spacial score (nSPS) is 25.8. The molecule has 1 aliphatic carbocycles. The Morgan fingerprint density at radius 3 is 2.28 bits per heavy atom. The van der Waals surface area contributed by atoms with Gasteiger partial charge in [-0.1, -0.05) is 23.6 Å². The van der Waals surface area contributed by atoms with Crippen molar-refractivity contribution in [2.75, 3.05) is 6.54 Å².